The number of benzene rings is 2. The average molecular weight is 314 g/mol. The molecule has 0 radical (unpaired) electrons. The molecular weight excluding hydrogens is 298 g/mol. The van der Waals surface area contributed by atoms with Crippen molar-refractivity contribution in [2.24, 2.45) is 0 Å². The molecule has 0 unspecified atom stereocenters. The van der Waals surface area contributed by atoms with Crippen molar-refractivity contribution in [3.8, 4) is 6.07 Å². The zero-order chi connectivity index (χ0) is 15.9. The van der Waals surface area contributed by atoms with Gasteiger partial charge < -0.3 is 10.6 Å². The Bertz CT molecular complexity index is 705. The first-order chi connectivity index (χ1) is 10.6. The van der Waals surface area contributed by atoms with Gasteiger partial charge in [0, 0.05) is 29.4 Å². The van der Waals surface area contributed by atoms with Gasteiger partial charge in [-0.15, -0.1) is 0 Å². The number of rotatable bonds is 5. The highest BCUT2D eigenvalue weighted by Crippen LogP contribution is 2.22. The van der Waals surface area contributed by atoms with Crippen LogP contribution in [0.15, 0.2) is 42.5 Å². The summed E-state index contributed by atoms with van der Waals surface area (Å²) < 4.78 is 0. The number of hydrogen-bond donors (Lipinski definition) is 2. The second-order valence-corrected chi connectivity index (χ2v) is 5.23. The molecule has 0 atom stereocenters. The fourth-order valence-corrected chi connectivity index (χ4v) is 2.14. The summed E-state index contributed by atoms with van der Waals surface area (Å²) >= 11 is 6.05. The van der Waals surface area contributed by atoms with Crippen LogP contribution in [0.2, 0.25) is 5.02 Å². The molecule has 0 spiro atoms. The minimum atomic E-state index is -0.0862. The van der Waals surface area contributed by atoms with E-state index in [1.807, 2.05) is 31.2 Å². The maximum atomic E-state index is 11.9. The number of nitriles is 1. The predicted molar refractivity (Wildman–Crippen MR) is 89.1 cm³/mol. The Morgan fingerprint density at radius 1 is 1.23 bits per heavy atom. The Hall–Kier alpha value is -2.51. The minimum Gasteiger partial charge on any atom is -0.384 e. The lowest BCUT2D eigenvalue weighted by Crippen LogP contribution is -2.16. The molecule has 5 heteroatoms. The number of nitrogens with one attached hydrogen (secondary N) is 2. The molecule has 0 heterocycles. The van der Waals surface area contributed by atoms with Crippen LogP contribution < -0.4 is 10.6 Å². The molecular formula is C17H16ClN3O. The summed E-state index contributed by atoms with van der Waals surface area (Å²) in [6.45, 7) is 2.45. The standard InChI is InChI=1S/C17H16ClN3O/c1-12-15(18)3-2-4-16(12)20-10-9-17(22)21-14-7-5-13(11-19)6-8-14/h2-8,20H,9-10H2,1H3,(H,21,22). The van der Waals surface area contributed by atoms with E-state index in [9.17, 15) is 4.79 Å². The molecule has 0 aliphatic carbocycles. The maximum absolute atomic E-state index is 11.9. The van der Waals surface area contributed by atoms with Crippen LogP contribution in [0.5, 0.6) is 0 Å². The molecule has 0 aliphatic heterocycles. The molecule has 2 aromatic rings. The van der Waals surface area contributed by atoms with Gasteiger partial charge in [0.05, 0.1) is 11.6 Å². The van der Waals surface area contributed by atoms with E-state index in [-0.39, 0.29) is 5.91 Å². The number of amides is 1. The molecule has 0 bridgehead atoms. The lowest BCUT2D eigenvalue weighted by molar-refractivity contribution is -0.115. The molecule has 4 nitrogen and oxygen atoms in total. The number of carbonyl (C=O) groups is 1. The van der Waals surface area contributed by atoms with Crippen molar-refractivity contribution in [3.05, 3.63) is 58.6 Å². The second-order valence-electron chi connectivity index (χ2n) is 4.83. The summed E-state index contributed by atoms with van der Waals surface area (Å²) in [5.74, 6) is -0.0862. The smallest absolute Gasteiger partial charge is 0.226 e. The Labute approximate surface area is 134 Å². The maximum Gasteiger partial charge on any atom is 0.226 e. The van der Waals surface area contributed by atoms with Crippen LogP contribution in [-0.4, -0.2) is 12.5 Å². The quantitative estimate of drug-likeness (QED) is 0.878. The molecule has 0 aliphatic rings. The number of halogens is 1. The van der Waals surface area contributed by atoms with E-state index in [0.29, 0.717) is 29.2 Å². The fraction of sp³-hybridized carbons (Fsp3) is 0.176. The summed E-state index contributed by atoms with van der Waals surface area (Å²) in [6.07, 6.45) is 0.339. The SMILES string of the molecule is Cc1c(Cl)cccc1NCCC(=O)Nc1ccc(C#N)cc1. The van der Waals surface area contributed by atoms with Crippen LogP contribution in [0.1, 0.15) is 17.5 Å². The Morgan fingerprint density at radius 3 is 2.64 bits per heavy atom. The van der Waals surface area contributed by atoms with Gasteiger partial charge in [-0.05, 0) is 48.9 Å². The second kappa shape index (κ2) is 7.48. The highest BCUT2D eigenvalue weighted by Gasteiger charge is 2.04. The van der Waals surface area contributed by atoms with Crippen LogP contribution >= 0.6 is 11.6 Å². The van der Waals surface area contributed by atoms with Crippen LogP contribution in [0.4, 0.5) is 11.4 Å². The van der Waals surface area contributed by atoms with Gasteiger partial charge in [0.15, 0.2) is 0 Å². The van der Waals surface area contributed by atoms with Crippen molar-refractivity contribution in [2.45, 2.75) is 13.3 Å². The normalized spacial score (nSPS) is 9.86. The van der Waals surface area contributed by atoms with Crippen LogP contribution in [0.25, 0.3) is 0 Å². The summed E-state index contributed by atoms with van der Waals surface area (Å²) in [5, 5.41) is 15.4. The zero-order valence-electron chi connectivity index (χ0n) is 12.2. The summed E-state index contributed by atoms with van der Waals surface area (Å²) in [5.41, 5.74) is 3.15. The van der Waals surface area contributed by atoms with Gasteiger partial charge >= 0.3 is 0 Å². The molecule has 2 aromatic carbocycles. The number of nitrogens with zero attached hydrogens (tertiary/aromatic N) is 1. The topological polar surface area (TPSA) is 64.9 Å². The number of anilines is 2. The molecule has 2 N–H and O–H groups in total. The van der Waals surface area contributed by atoms with Crippen LogP contribution in [0, 0.1) is 18.3 Å². The molecule has 0 saturated carbocycles. The van der Waals surface area contributed by atoms with Gasteiger partial charge in [-0.25, -0.2) is 0 Å². The summed E-state index contributed by atoms with van der Waals surface area (Å²) in [7, 11) is 0. The van der Waals surface area contributed by atoms with E-state index < -0.39 is 0 Å². The third-order valence-electron chi connectivity index (χ3n) is 3.23. The Morgan fingerprint density at radius 2 is 1.95 bits per heavy atom. The van der Waals surface area contributed by atoms with E-state index in [1.54, 1.807) is 24.3 Å². The lowest BCUT2D eigenvalue weighted by Gasteiger charge is -2.10. The van der Waals surface area contributed by atoms with Gasteiger partial charge in [0.2, 0.25) is 5.91 Å². The van der Waals surface area contributed by atoms with Crippen molar-refractivity contribution in [2.75, 3.05) is 17.2 Å². The zero-order valence-corrected chi connectivity index (χ0v) is 12.9. The van der Waals surface area contributed by atoms with Gasteiger partial charge in [-0.2, -0.15) is 5.26 Å². The molecule has 0 saturated heterocycles. The molecule has 1 amide bonds. The summed E-state index contributed by atoms with van der Waals surface area (Å²) in [6, 6.07) is 14.4. The minimum absolute atomic E-state index is 0.0862. The van der Waals surface area contributed by atoms with E-state index in [4.69, 9.17) is 16.9 Å². The largest absolute Gasteiger partial charge is 0.384 e. The monoisotopic (exact) mass is 313 g/mol. The molecule has 2 rings (SSSR count). The van der Waals surface area contributed by atoms with E-state index in [2.05, 4.69) is 10.6 Å². The van der Waals surface area contributed by atoms with E-state index >= 15 is 0 Å². The van der Waals surface area contributed by atoms with Crippen molar-refractivity contribution < 1.29 is 4.79 Å². The molecule has 22 heavy (non-hydrogen) atoms. The van der Waals surface area contributed by atoms with E-state index in [1.165, 1.54) is 0 Å². The Balaban J connectivity index is 1.82. The number of hydrogen-bond acceptors (Lipinski definition) is 3. The van der Waals surface area contributed by atoms with E-state index in [0.717, 1.165) is 11.3 Å². The van der Waals surface area contributed by atoms with Gasteiger partial charge in [0.25, 0.3) is 0 Å². The first-order valence-electron chi connectivity index (χ1n) is 6.89. The molecule has 0 fully saturated rings. The highest BCUT2D eigenvalue weighted by atomic mass is 35.5. The van der Waals surface area contributed by atoms with Crippen LogP contribution in [0.3, 0.4) is 0 Å². The van der Waals surface area contributed by atoms with Crippen molar-refractivity contribution >= 4 is 28.9 Å². The van der Waals surface area contributed by atoms with Crippen LogP contribution in [-0.2, 0) is 4.79 Å². The van der Waals surface area contributed by atoms with Gasteiger partial charge in [0.1, 0.15) is 0 Å². The van der Waals surface area contributed by atoms with Gasteiger partial charge in [-0.3, -0.25) is 4.79 Å². The average Bonchev–Trinajstić information content (AvgIpc) is 2.52. The first-order valence-corrected chi connectivity index (χ1v) is 7.27. The Kier molecular flexibility index (Phi) is 5.40. The first kappa shape index (κ1) is 15.9. The third kappa shape index (κ3) is 4.24. The predicted octanol–water partition coefficient (Wildman–Crippen LogP) is 3.96. The highest BCUT2D eigenvalue weighted by molar-refractivity contribution is 6.31. The molecule has 112 valence electrons. The van der Waals surface area contributed by atoms with Crippen molar-refractivity contribution in [1.29, 1.82) is 5.26 Å². The fourth-order valence-electron chi connectivity index (χ4n) is 1.96. The third-order valence-corrected chi connectivity index (χ3v) is 3.64. The lowest BCUT2D eigenvalue weighted by atomic mass is 10.2. The van der Waals surface area contributed by atoms with Crippen molar-refractivity contribution in [3.63, 3.8) is 0 Å². The van der Waals surface area contributed by atoms with Crippen molar-refractivity contribution in [1.82, 2.24) is 0 Å². The molecule has 0 aromatic heterocycles. The summed E-state index contributed by atoms with van der Waals surface area (Å²) in [4.78, 5) is 11.9. The number of carbonyl (C=O) groups excluding carboxylic acids is 1. The van der Waals surface area contributed by atoms with Gasteiger partial charge in [-0.1, -0.05) is 17.7 Å².